The summed E-state index contributed by atoms with van der Waals surface area (Å²) < 4.78 is 11.1. The van der Waals surface area contributed by atoms with Gasteiger partial charge in [0.05, 0.1) is 23.7 Å². The van der Waals surface area contributed by atoms with E-state index >= 15 is 0 Å². The van der Waals surface area contributed by atoms with Crippen LogP contribution in [0.4, 0.5) is 0 Å². The molecule has 0 unspecified atom stereocenters. The normalized spacial score (nSPS) is 12.5. The van der Waals surface area contributed by atoms with Crippen LogP contribution in [-0.4, -0.2) is 22.0 Å². The molecular formula is C21H24N2O4S. The van der Waals surface area contributed by atoms with Gasteiger partial charge in [0.1, 0.15) is 4.83 Å². The van der Waals surface area contributed by atoms with Crippen molar-refractivity contribution in [2.45, 2.75) is 53.4 Å². The number of hydrogen-bond donors (Lipinski definition) is 1. The van der Waals surface area contributed by atoms with Crippen LogP contribution in [0.15, 0.2) is 29.1 Å². The number of aromatic amines is 1. The standard InChI is InChI=1S/C21H24N2O4S/c1-11(2)26-10-15-6-8-16(9-7-15)21(25)27-13(4)18-22-19(24)17-12(3)14(5)28-20(17)23-18/h6-9,11,13H,10H2,1-5H3,(H,22,23,24)/t13-/m1/s1. The molecule has 3 aromatic rings. The minimum absolute atomic E-state index is 0.147. The van der Waals surface area contributed by atoms with E-state index in [0.717, 1.165) is 16.0 Å². The molecule has 1 N–H and O–H groups in total. The average Bonchev–Trinajstić information content (AvgIpc) is 2.94. The van der Waals surface area contributed by atoms with Crippen molar-refractivity contribution in [3.05, 3.63) is 62.0 Å². The van der Waals surface area contributed by atoms with E-state index < -0.39 is 12.1 Å². The van der Waals surface area contributed by atoms with E-state index in [4.69, 9.17) is 9.47 Å². The van der Waals surface area contributed by atoms with Crippen molar-refractivity contribution in [2.24, 2.45) is 0 Å². The Morgan fingerprint density at radius 3 is 2.50 bits per heavy atom. The molecule has 6 nitrogen and oxygen atoms in total. The monoisotopic (exact) mass is 400 g/mol. The van der Waals surface area contributed by atoms with Gasteiger partial charge in [-0.2, -0.15) is 0 Å². The molecule has 0 aliphatic heterocycles. The summed E-state index contributed by atoms with van der Waals surface area (Å²) in [5, 5.41) is 0.601. The van der Waals surface area contributed by atoms with Crippen LogP contribution in [0.2, 0.25) is 0 Å². The highest BCUT2D eigenvalue weighted by Crippen LogP contribution is 2.27. The number of rotatable bonds is 6. The van der Waals surface area contributed by atoms with Crippen molar-refractivity contribution >= 4 is 27.5 Å². The highest BCUT2D eigenvalue weighted by molar-refractivity contribution is 7.18. The van der Waals surface area contributed by atoms with Crippen LogP contribution in [-0.2, 0) is 16.1 Å². The summed E-state index contributed by atoms with van der Waals surface area (Å²) in [6.07, 6.45) is -0.523. The molecule has 1 atom stereocenters. The molecule has 0 saturated heterocycles. The number of aromatic nitrogens is 2. The number of carbonyl (C=O) groups is 1. The van der Waals surface area contributed by atoms with Crippen molar-refractivity contribution in [3.63, 3.8) is 0 Å². The minimum atomic E-state index is -0.670. The molecule has 148 valence electrons. The van der Waals surface area contributed by atoms with E-state index in [-0.39, 0.29) is 11.7 Å². The molecule has 0 amide bonds. The van der Waals surface area contributed by atoms with Gasteiger partial charge in [0.25, 0.3) is 5.56 Å². The molecule has 0 saturated carbocycles. The fourth-order valence-electron chi connectivity index (χ4n) is 2.75. The van der Waals surface area contributed by atoms with Gasteiger partial charge in [-0.3, -0.25) is 4.79 Å². The third-order valence-electron chi connectivity index (χ3n) is 4.50. The Bertz CT molecular complexity index is 1050. The largest absolute Gasteiger partial charge is 0.451 e. The summed E-state index contributed by atoms with van der Waals surface area (Å²) >= 11 is 1.46. The maximum atomic E-state index is 12.4. The zero-order valence-electron chi connectivity index (χ0n) is 16.7. The molecule has 0 aliphatic carbocycles. The maximum absolute atomic E-state index is 12.4. The molecule has 0 bridgehead atoms. The van der Waals surface area contributed by atoms with Gasteiger partial charge in [0.2, 0.25) is 0 Å². The Kier molecular flexibility index (Phi) is 5.96. The number of aryl methyl sites for hydroxylation is 2. The first-order chi connectivity index (χ1) is 13.3. The van der Waals surface area contributed by atoms with Crippen LogP contribution in [0.5, 0.6) is 0 Å². The Hall–Kier alpha value is -2.51. The molecule has 0 spiro atoms. The highest BCUT2D eigenvalue weighted by atomic mass is 32.1. The molecule has 2 aromatic heterocycles. The smallest absolute Gasteiger partial charge is 0.338 e. The van der Waals surface area contributed by atoms with Gasteiger partial charge in [-0.05, 0) is 57.9 Å². The molecule has 0 fully saturated rings. The predicted molar refractivity (Wildman–Crippen MR) is 110 cm³/mol. The summed E-state index contributed by atoms with van der Waals surface area (Å²) in [5.41, 5.74) is 2.15. The fourth-order valence-corrected chi connectivity index (χ4v) is 3.79. The predicted octanol–water partition coefficient (Wildman–Crippen LogP) is 4.44. The SMILES string of the molecule is Cc1sc2nc([C@@H](C)OC(=O)c3ccc(COC(C)C)cc3)[nH]c(=O)c2c1C. The average molecular weight is 401 g/mol. The zero-order valence-corrected chi connectivity index (χ0v) is 17.5. The molecule has 0 aliphatic rings. The number of hydrogen-bond acceptors (Lipinski definition) is 6. The van der Waals surface area contributed by atoms with Crippen molar-refractivity contribution < 1.29 is 14.3 Å². The van der Waals surface area contributed by atoms with E-state index in [1.165, 1.54) is 11.3 Å². The van der Waals surface area contributed by atoms with Gasteiger partial charge in [-0.15, -0.1) is 11.3 Å². The molecule has 7 heteroatoms. The zero-order chi connectivity index (χ0) is 20.4. The number of thiophene rings is 1. The number of benzene rings is 1. The summed E-state index contributed by atoms with van der Waals surface area (Å²) in [7, 11) is 0. The van der Waals surface area contributed by atoms with Crippen LogP contribution in [0.3, 0.4) is 0 Å². The first-order valence-corrected chi connectivity index (χ1v) is 9.99. The number of H-pyrrole nitrogens is 1. The van der Waals surface area contributed by atoms with Gasteiger partial charge in [0.15, 0.2) is 11.9 Å². The molecule has 3 rings (SSSR count). The van der Waals surface area contributed by atoms with E-state index in [1.54, 1.807) is 19.1 Å². The van der Waals surface area contributed by atoms with Crippen molar-refractivity contribution in [1.82, 2.24) is 9.97 Å². The molecule has 2 heterocycles. The minimum Gasteiger partial charge on any atom is -0.451 e. The van der Waals surface area contributed by atoms with Gasteiger partial charge >= 0.3 is 5.97 Å². The molecule has 0 radical (unpaired) electrons. The van der Waals surface area contributed by atoms with Crippen LogP contribution in [0, 0.1) is 13.8 Å². The van der Waals surface area contributed by atoms with Gasteiger partial charge in [0, 0.05) is 4.88 Å². The second-order valence-corrected chi connectivity index (χ2v) is 8.22. The Morgan fingerprint density at radius 1 is 1.18 bits per heavy atom. The number of nitrogens with one attached hydrogen (secondary N) is 1. The Morgan fingerprint density at radius 2 is 1.86 bits per heavy atom. The van der Waals surface area contributed by atoms with Crippen molar-refractivity contribution in [2.75, 3.05) is 0 Å². The van der Waals surface area contributed by atoms with Crippen LogP contribution in [0.25, 0.3) is 10.2 Å². The quantitative estimate of drug-likeness (QED) is 0.619. The van der Waals surface area contributed by atoms with Crippen molar-refractivity contribution in [1.29, 1.82) is 0 Å². The summed E-state index contributed by atoms with van der Waals surface area (Å²) in [4.78, 5) is 33.8. The summed E-state index contributed by atoms with van der Waals surface area (Å²) in [6.45, 7) is 10.0. The Balaban J connectivity index is 1.73. The lowest BCUT2D eigenvalue weighted by Gasteiger charge is -2.13. The maximum Gasteiger partial charge on any atom is 0.338 e. The molecular weight excluding hydrogens is 376 g/mol. The lowest BCUT2D eigenvalue weighted by Crippen LogP contribution is -2.17. The number of nitrogens with zero attached hydrogens (tertiary/aromatic N) is 1. The molecule has 1 aromatic carbocycles. The van der Waals surface area contributed by atoms with Gasteiger partial charge in [-0.25, -0.2) is 9.78 Å². The van der Waals surface area contributed by atoms with E-state index in [9.17, 15) is 9.59 Å². The lowest BCUT2D eigenvalue weighted by atomic mass is 10.1. The van der Waals surface area contributed by atoms with E-state index in [0.29, 0.717) is 28.2 Å². The van der Waals surface area contributed by atoms with E-state index in [1.807, 2.05) is 39.8 Å². The summed E-state index contributed by atoms with van der Waals surface area (Å²) in [5.74, 6) is -0.126. The lowest BCUT2D eigenvalue weighted by molar-refractivity contribution is 0.0319. The topological polar surface area (TPSA) is 81.3 Å². The van der Waals surface area contributed by atoms with Crippen LogP contribution < -0.4 is 5.56 Å². The molecule has 28 heavy (non-hydrogen) atoms. The number of fused-ring (bicyclic) bond motifs is 1. The fraction of sp³-hybridized carbons (Fsp3) is 0.381. The second-order valence-electron chi connectivity index (χ2n) is 7.02. The van der Waals surface area contributed by atoms with Crippen molar-refractivity contribution in [3.8, 4) is 0 Å². The Labute approximate surface area is 167 Å². The number of esters is 1. The van der Waals surface area contributed by atoms with Gasteiger partial charge < -0.3 is 14.5 Å². The summed E-state index contributed by atoms with van der Waals surface area (Å²) in [6, 6.07) is 7.10. The van der Waals surface area contributed by atoms with Gasteiger partial charge in [-0.1, -0.05) is 12.1 Å². The first kappa shape index (κ1) is 20.2. The second kappa shape index (κ2) is 8.24. The number of ether oxygens (including phenoxy) is 2. The first-order valence-electron chi connectivity index (χ1n) is 9.17. The number of carbonyl (C=O) groups excluding carboxylic acids is 1. The van der Waals surface area contributed by atoms with E-state index in [2.05, 4.69) is 9.97 Å². The third-order valence-corrected chi connectivity index (χ3v) is 5.60. The van der Waals surface area contributed by atoms with Crippen LogP contribution in [0.1, 0.15) is 59.1 Å². The highest BCUT2D eigenvalue weighted by Gasteiger charge is 2.19. The van der Waals surface area contributed by atoms with Crippen LogP contribution >= 0.6 is 11.3 Å². The third kappa shape index (κ3) is 4.31.